The molecule has 94 valence electrons. The topological polar surface area (TPSA) is 55.1 Å². The number of benzene rings is 1. The molecule has 0 saturated carbocycles. The molecule has 1 aromatic carbocycles. The quantitative estimate of drug-likeness (QED) is 0.791. The molecule has 1 unspecified atom stereocenters. The first-order valence-corrected chi connectivity index (χ1v) is 6.17. The third-order valence-corrected chi connectivity index (χ3v) is 3.00. The van der Waals surface area contributed by atoms with Gasteiger partial charge in [0, 0.05) is 12.5 Å². The largest absolute Gasteiger partial charge is 0.352 e. The van der Waals surface area contributed by atoms with Crippen LogP contribution in [-0.2, 0) is 11.3 Å². The lowest BCUT2D eigenvalue weighted by molar-refractivity contribution is -0.124. The summed E-state index contributed by atoms with van der Waals surface area (Å²) in [4.78, 5) is 11.8. The fourth-order valence-corrected chi connectivity index (χ4v) is 1.72. The van der Waals surface area contributed by atoms with Crippen LogP contribution in [0.25, 0.3) is 0 Å². The van der Waals surface area contributed by atoms with Crippen molar-refractivity contribution in [2.24, 2.45) is 11.7 Å². The highest BCUT2D eigenvalue weighted by molar-refractivity contribution is 5.78. The molecule has 0 aliphatic heterocycles. The van der Waals surface area contributed by atoms with Gasteiger partial charge in [0.05, 0.1) is 0 Å². The van der Waals surface area contributed by atoms with Crippen LogP contribution in [0.3, 0.4) is 0 Å². The van der Waals surface area contributed by atoms with E-state index in [9.17, 15) is 4.79 Å². The van der Waals surface area contributed by atoms with E-state index in [1.165, 1.54) is 11.1 Å². The van der Waals surface area contributed by atoms with E-state index in [1.54, 1.807) is 0 Å². The Hall–Kier alpha value is -1.35. The molecular formula is C14H22N2O. The fraction of sp³-hybridized carbons (Fsp3) is 0.500. The number of hydrogen-bond acceptors (Lipinski definition) is 2. The van der Waals surface area contributed by atoms with E-state index in [0.29, 0.717) is 13.1 Å². The summed E-state index contributed by atoms with van der Waals surface area (Å²) in [7, 11) is 0. The summed E-state index contributed by atoms with van der Waals surface area (Å²) in [6.45, 7) is 5.26. The van der Waals surface area contributed by atoms with Crippen LogP contribution in [0.1, 0.15) is 30.9 Å². The zero-order valence-electron chi connectivity index (χ0n) is 10.7. The number of carbonyl (C=O) groups excluding carboxylic acids is 1. The zero-order chi connectivity index (χ0) is 12.7. The Morgan fingerprint density at radius 1 is 1.41 bits per heavy atom. The highest BCUT2D eigenvalue weighted by atomic mass is 16.1. The van der Waals surface area contributed by atoms with Crippen LogP contribution in [0.5, 0.6) is 0 Å². The van der Waals surface area contributed by atoms with Crippen LogP contribution in [-0.4, -0.2) is 12.5 Å². The lowest BCUT2D eigenvalue weighted by atomic mass is 10.0. The van der Waals surface area contributed by atoms with Gasteiger partial charge in [0.25, 0.3) is 0 Å². The predicted octanol–water partition coefficient (Wildman–Crippen LogP) is 1.99. The zero-order valence-corrected chi connectivity index (χ0v) is 10.7. The van der Waals surface area contributed by atoms with Gasteiger partial charge in [-0.05, 0) is 37.4 Å². The van der Waals surface area contributed by atoms with E-state index >= 15 is 0 Å². The molecule has 0 aliphatic carbocycles. The summed E-state index contributed by atoms with van der Waals surface area (Å²) >= 11 is 0. The Morgan fingerprint density at radius 3 is 2.76 bits per heavy atom. The molecule has 0 heterocycles. The van der Waals surface area contributed by atoms with Gasteiger partial charge in [-0.2, -0.15) is 0 Å². The van der Waals surface area contributed by atoms with E-state index in [2.05, 4.69) is 18.3 Å². The first kappa shape index (κ1) is 13.7. The second kappa shape index (κ2) is 7.07. The molecule has 0 spiro atoms. The molecule has 0 bridgehead atoms. The minimum absolute atomic E-state index is 0.0440. The van der Waals surface area contributed by atoms with E-state index in [1.807, 2.05) is 25.1 Å². The highest BCUT2D eigenvalue weighted by Gasteiger charge is 2.11. The maximum Gasteiger partial charge on any atom is 0.223 e. The second-order valence-corrected chi connectivity index (χ2v) is 4.48. The number of aryl methyl sites for hydroxylation is 1. The lowest BCUT2D eigenvalue weighted by Gasteiger charge is -2.12. The SMILES string of the molecule is Cc1ccccc1CNC(=O)C(C)CCCN. The third kappa shape index (κ3) is 4.57. The Labute approximate surface area is 103 Å². The van der Waals surface area contributed by atoms with Crippen molar-refractivity contribution in [2.45, 2.75) is 33.2 Å². The molecule has 1 aromatic rings. The van der Waals surface area contributed by atoms with Crippen LogP contribution < -0.4 is 11.1 Å². The maximum absolute atomic E-state index is 11.8. The van der Waals surface area contributed by atoms with Gasteiger partial charge >= 0.3 is 0 Å². The first-order chi connectivity index (χ1) is 8.15. The molecule has 3 nitrogen and oxygen atoms in total. The molecule has 0 radical (unpaired) electrons. The average molecular weight is 234 g/mol. The Kier molecular flexibility index (Phi) is 5.70. The molecule has 1 rings (SSSR count). The van der Waals surface area contributed by atoms with Crippen molar-refractivity contribution in [3.05, 3.63) is 35.4 Å². The minimum atomic E-state index is 0.0440. The first-order valence-electron chi connectivity index (χ1n) is 6.17. The van der Waals surface area contributed by atoms with Crippen LogP contribution in [0.15, 0.2) is 24.3 Å². The molecule has 1 atom stereocenters. The predicted molar refractivity (Wildman–Crippen MR) is 70.5 cm³/mol. The monoisotopic (exact) mass is 234 g/mol. The smallest absolute Gasteiger partial charge is 0.223 e. The molecule has 0 fully saturated rings. The molecule has 0 aromatic heterocycles. The number of carbonyl (C=O) groups is 1. The Morgan fingerprint density at radius 2 is 2.12 bits per heavy atom. The van der Waals surface area contributed by atoms with Gasteiger partial charge in [0.1, 0.15) is 0 Å². The third-order valence-electron chi connectivity index (χ3n) is 3.00. The van der Waals surface area contributed by atoms with Gasteiger partial charge in [-0.15, -0.1) is 0 Å². The summed E-state index contributed by atoms with van der Waals surface area (Å²) in [6, 6.07) is 8.09. The number of nitrogens with one attached hydrogen (secondary N) is 1. The molecule has 3 N–H and O–H groups in total. The summed E-state index contributed by atoms with van der Waals surface area (Å²) < 4.78 is 0. The Bertz CT molecular complexity index is 363. The van der Waals surface area contributed by atoms with Gasteiger partial charge in [-0.25, -0.2) is 0 Å². The van der Waals surface area contributed by atoms with E-state index in [0.717, 1.165) is 12.8 Å². The van der Waals surface area contributed by atoms with Crippen molar-refractivity contribution < 1.29 is 4.79 Å². The molecular weight excluding hydrogens is 212 g/mol. The highest BCUT2D eigenvalue weighted by Crippen LogP contribution is 2.08. The van der Waals surface area contributed by atoms with Crippen molar-refractivity contribution in [2.75, 3.05) is 6.54 Å². The number of nitrogens with two attached hydrogens (primary N) is 1. The van der Waals surface area contributed by atoms with Crippen LogP contribution in [0.2, 0.25) is 0 Å². The normalized spacial score (nSPS) is 12.2. The minimum Gasteiger partial charge on any atom is -0.352 e. The van der Waals surface area contributed by atoms with Crippen LogP contribution in [0.4, 0.5) is 0 Å². The summed E-state index contributed by atoms with van der Waals surface area (Å²) in [5, 5.41) is 2.97. The van der Waals surface area contributed by atoms with Gasteiger partial charge < -0.3 is 11.1 Å². The molecule has 1 amide bonds. The van der Waals surface area contributed by atoms with E-state index < -0.39 is 0 Å². The standard InChI is InChI=1S/C14H22N2O/c1-11-6-3-4-8-13(11)10-16-14(17)12(2)7-5-9-15/h3-4,6,8,12H,5,7,9-10,15H2,1-2H3,(H,16,17). The second-order valence-electron chi connectivity index (χ2n) is 4.48. The lowest BCUT2D eigenvalue weighted by Crippen LogP contribution is -2.29. The van der Waals surface area contributed by atoms with Gasteiger partial charge in [-0.1, -0.05) is 31.2 Å². The van der Waals surface area contributed by atoms with Crippen LogP contribution >= 0.6 is 0 Å². The molecule has 0 saturated heterocycles. The van der Waals surface area contributed by atoms with Crippen molar-refractivity contribution >= 4 is 5.91 Å². The summed E-state index contributed by atoms with van der Waals surface area (Å²) in [5.74, 6) is 0.157. The molecule has 3 heteroatoms. The number of rotatable bonds is 6. The van der Waals surface area contributed by atoms with Crippen molar-refractivity contribution in [3.8, 4) is 0 Å². The molecule has 0 aliphatic rings. The average Bonchev–Trinajstić information content (AvgIpc) is 2.34. The van der Waals surface area contributed by atoms with Crippen molar-refractivity contribution in [1.29, 1.82) is 0 Å². The number of amides is 1. The van der Waals surface area contributed by atoms with Crippen LogP contribution in [0, 0.1) is 12.8 Å². The van der Waals surface area contributed by atoms with E-state index in [-0.39, 0.29) is 11.8 Å². The van der Waals surface area contributed by atoms with Gasteiger partial charge in [0.2, 0.25) is 5.91 Å². The van der Waals surface area contributed by atoms with Crippen molar-refractivity contribution in [1.82, 2.24) is 5.32 Å². The summed E-state index contributed by atoms with van der Waals surface area (Å²) in [6.07, 6.45) is 1.76. The van der Waals surface area contributed by atoms with Gasteiger partial charge in [0.15, 0.2) is 0 Å². The molecule has 17 heavy (non-hydrogen) atoms. The number of hydrogen-bond donors (Lipinski definition) is 2. The summed E-state index contributed by atoms with van der Waals surface area (Å²) in [5.41, 5.74) is 7.81. The van der Waals surface area contributed by atoms with E-state index in [4.69, 9.17) is 5.73 Å². The van der Waals surface area contributed by atoms with Gasteiger partial charge in [-0.3, -0.25) is 4.79 Å². The maximum atomic E-state index is 11.8. The fourth-order valence-electron chi connectivity index (χ4n) is 1.72. The van der Waals surface area contributed by atoms with Crippen molar-refractivity contribution in [3.63, 3.8) is 0 Å². The Balaban J connectivity index is 2.40.